The van der Waals surface area contributed by atoms with E-state index in [1.165, 1.54) is 18.5 Å². The molecule has 7 heteroatoms. The topological polar surface area (TPSA) is 42.9 Å². The third-order valence-electron chi connectivity index (χ3n) is 4.71. The van der Waals surface area contributed by atoms with E-state index in [9.17, 15) is 0 Å². The van der Waals surface area contributed by atoms with Gasteiger partial charge in [0.05, 0.1) is 0 Å². The average molecular weight is 492 g/mol. The Balaban J connectivity index is 0.00000243. The predicted octanol–water partition coefficient (Wildman–Crippen LogP) is 3.19. The maximum absolute atomic E-state index is 6.10. The highest BCUT2D eigenvalue weighted by Crippen LogP contribution is 2.21. The van der Waals surface area contributed by atoms with Crippen LogP contribution in [0.2, 0.25) is 5.02 Å². The normalized spacial score (nSPS) is 18.4. The van der Waals surface area contributed by atoms with Gasteiger partial charge in [-0.25, -0.2) is 0 Å². The number of hydrogen-bond donors (Lipinski definition) is 2. The second kappa shape index (κ2) is 11.2. The molecule has 26 heavy (non-hydrogen) atoms. The number of aliphatic imine (C=N–C) groups is 1. The fourth-order valence-electron chi connectivity index (χ4n) is 3.13. The van der Waals surface area contributed by atoms with Gasteiger partial charge in [-0.1, -0.05) is 17.7 Å². The van der Waals surface area contributed by atoms with E-state index in [1.54, 1.807) is 0 Å². The molecule has 1 saturated carbocycles. The molecule has 0 bridgehead atoms. The van der Waals surface area contributed by atoms with Gasteiger partial charge in [0.15, 0.2) is 5.96 Å². The average Bonchev–Trinajstić information content (AvgIpc) is 3.43. The smallest absolute Gasteiger partial charge is 0.191 e. The minimum atomic E-state index is 0. The summed E-state index contributed by atoms with van der Waals surface area (Å²) in [7, 11) is 0. The molecule has 0 amide bonds. The minimum Gasteiger partial charge on any atom is -0.369 e. The lowest BCUT2D eigenvalue weighted by atomic mass is 10.2. The van der Waals surface area contributed by atoms with E-state index in [-0.39, 0.29) is 24.0 Å². The van der Waals surface area contributed by atoms with Crippen LogP contribution in [-0.4, -0.2) is 62.7 Å². The molecule has 0 spiro atoms. The highest BCUT2D eigenvalue weighted by molar-refractivity contribution is 14.0. The first-order valence-corrected chi connectivity index (χ1v) is 9.90. The number of anilines is 1. The summed E-state index contributed by atoms with van der Waals surface area (Å²) >= 11 is 6.10. The molecule has 0 aromatic heterocycles. The summed E-state index contributed by atoms with van der Waals surface area (Å²) in [5.74, 6) is 0.982. The number of hydrogen-bond acceptors (Lipinski definition) is 3. The summed E-state index contributed by atoms with van der Waals surface area (Å²) in [5, 5.41) is 7.61. The van der Waals surface area contributed by atoms with Crippen LogP contribution < -0.4 is 15.5 Å². The predicted molar refractivity (Wildman–Crippen MR) is 122 cm³/mol. The first-order chi connectivity index (χ1) is 12.2. The van der Waals surface area contributed by atoms with Gasteiger partial charge in [0.2, 0.25) is 0 Å². The van der Waals surface area contributed by atoms with Crippen molar-refractivity contribution in [1.29, 1.82) is 0 Å². The zero-order valence-corrected chi connectivity index (χ0v) is 18.7. The lowest BCUT2D eigenvalue weighted by Crippen LogP contribution is -2.46. The summed E-state index contributed by atoms with van der Waals surface area (Å²) in [5.41, 5.74) is 1.23. The largest absolute Gasteiger partial charge is 0.369 e. The molecule has 1 aromatic carbocycles. The number of rotatable bonds is 7. The van der Waals surface area contributed by atoms with Crippen LogP contribution in [-0.2, 0) is 0 Å². The number of nitrogens with one attached hydrogen (secondary N) is 2. The van der Waals surface area contributed by atoms with Gasteiger partial charge in [-0.3, -0.25) is 9.89 Å². The second-order valence-electron chi connectivity index (χ2n) is 6.84. The monoisotopic (exact) mass is 491 g/mol. The van der Waals surface area contributed by atoms with Gasteiger partial charge in [0, 0.05) is 62.6 Å². The van der Waals surface area contributed by atoms with Crippen LogP contribution in [0, 0.1) is 0 Å². The van der Waals surface area contributed by atoms with Gasteiger partial charge in [-0.15, -0.1) is 24.0 Å². The van der Waals surface area contributed by atoms with Crippen LogP contribution in [0.4, 0.5) is 5.69 Å². The van der Waals surface area contributed by atoms with E-state index in [1.807, 2.05) is 12.1 Å². The Morgan fingerprint density at radius 2 is 2.00 bits per heavy atom. The molecule has 146 valence electrons. The fourth-order valence-corrected chi connectivity index (χ4v) is 3.31. The summed E-state index contributed by atoms with van der Waals surface area (Å²) in [6.45, 7) is 9.39. The van der Waals surface area contributed by atoms with E-state index in [0.717, 1.165) is 63.2 Å². The van der Waals surface area contributed by atoms with E-state index in [4.69, 9.17) is 16.6 Å². The quantitative estimate of drug-likeness (QED) is 0.266. The van der Waals surface area contributed by atoms with Crippen molar-refractivity contribution in [3.05, 3.63) is 29.3 Å². The highest BCUT2D eigenvalue weighted by Gasteiger charge is 2.22. The van der Waals surface area contributed by atoms with Crippen molar-refractivity contribution in [3.63, 3.8) is 0 Å². The lowest BCUT2D eigenvalue weighted by molar-refractivity contribution is 0.256. The van der Waals surface area contributed by atoms with Gasteiger partial charge in [0.25, 0.3) is 0 Å². The molecule has 1 aliphatic carbocycles. The fraction of sp³-hybridized carbons (Fsp3) is 0.632. The first kappa shape index (κ1) is 21.6. The second-order valence-corrected chi connectivity index (χ2v) is 7.28. The van der Waals surface area contributed by atoms with Crippen molar-refractivity contribution in [1.82, 2.24) is 15.5 Å². The summed E-state index contributed by atoms with van der Waals surface area (Å²) in [6, 6.07) is 8.81. The molecular weight excluding hydrogens is 461 g/mol. The van der Waals surface area contributed by atoms with E-state index in [0.29, 0.717) is 6.04 Å². The Morgan fingerprint density at radius 1 is 1.23 bits per heavy atom. The van der Waals surface area contributed by atoms with Gasteiger partial charge < -0.3 is 15.5 Å². The molecule has 0 radical (unpaired) electrons. The highest BCUT2D eigenvalue weighted by atomic mass is 127. The molecular formula is C19H31ClIN5. The van der Waals surface area contributed by atoms with Gasteiger partial charge in [0.1, 0.15) is 0 Å². The van der Waals surface area contributed by atoms with Crippen LogP contribution in [0.25, 0.3) is 0 Å². The summed E-state index contributed by atoms with van der Waals surface area (Å²) < 4.78 is 0. The Kier molecular flexibility index (Phi) is 9.28. The number of nitrogens with zero attached hydrogens (tertiary/aromatic N) is 3. The van der Waals surface area contributed by atoms with E-state index >= 15 is 0 Å². The molecule has 1 saturated heterocycles. The Morgan fingerprint density at radius 3 is 2.65 bits per heavy atom. The molecule has 3 rings (SSSR count). The molecule has 2 N–H and O–H groups in total. The van der Waals surface area contributed by atoms with Crippen molar-refractivity contribution in [3.8, 4) is 0 Å². The zero-order valence-electron chi connectivity index (χ0n) is 15.6. The van der Waals surface area contributed by atoms with Crippen LogP contribution in [0.15, 0.2) is 29.3 Å². The zero-order chi connectivity index (χ0) is 17.5. The van der Waals surface area contributed by atoms with Crippen molar-refractivity contribution in [2.24, 2.45) is 4.99 Å². The summed E-state index contributed by atoms with van der Waals surface area (Å²) in [6.07, 6.45) is 3.67. The molecule has 0 unspecified atom stereocenters. The van der Waals surface area contributed by atoms with Crippen LogP contribution >= 0.6 is 35.6 Å². The van der Waals surface area contributed by atoms with E-state index < -0.39 is 0 Å². The minimum absolute atomic E-state index is 0. The van der Waals surface area contributed by atoms with Gasteiger partial charge >= 0.3 is 0 Å². The SMILES string of the molecule is CCNC(=NCCCN1CCN(c2cccc(Cl)c2)CC1)NC1CC1.I. The summed E-state index contributed by atoms with van der Waals surface area (Å²) in [4.78, 5) is 9.65. The Bertz CT molecular complexity index is 571. The molecule has 2 fully saturated rings. The van der Waals surface area contributed by atoms with Crippen LogP contribution in [0.3, 0.4) is 0 Å². The first-order valence-electron chi connectivity index (χ1n) is 9.52. The number of piperazine rings is 1. The van der Waals surface area contributed by atoms with Crippen molar-refractivity contribution in [2.45, 2.75) is 32.2 Å². The maximum Gasteiger partial charge on any atom is 0.191 e. The number of guanidine groups is 1. The molecule has 1 aliphatic heterocycles. The van der Waals surface area contributed by atoms with Crippen molar-refractivity contribution >= 4 is 47.2 Å². The van der Waals surface area contributed by atoms with Crippen molar-refractivity contribution < 1.29 is 0 Å². The van der Waals surface area contributed by atoms with Crippen LogP contribution in [0.5, 0.6) is 0 Å². The lowest BCUT2D eigenvalue weighted by Gasteiger charge is -2.36. The number of halogens is 2. The van der Waals surface area contributed by atoms with Crippen LogP contribution in [0.1, 0.15) is 26.2 Å². The van der Waals surface area contributed by atoms with Crippen molar-refractivity contribution in [2.75, 3.05) is 50.7 Å². The Labute approximate surface area is 179 Å². The molecule has 1 aromatic rings. The molecule has 5 nitrogen and oxygen atoms in total. The molecule has 1 heterocycles. The molecule has 2 aliphatic rings. The van der Waals surface area contributed by atoms with Gasteiger partial charge in [-0.05, 0) is 44.4 Å². The standard InChI is InChI=1S/C19H30ClN5.HI/c1-2-21-19(23-17-7-8-17)22-9-4-10-24-11-13-25(14-12-24)18-6-3-5-16(20)15-18;/h3,5-6,15,17H,2,4,7-14H2,1H3,(H2,21,22,23);1H. The van der Waals surface area contributed by atoms with E-state index in [2.05, 4.69) is 39.5 Å². The third-order valence-corrected chi connectivity index (χ3v) is 4.95. The van der Waals surface area contributed by atoms with Gasteiger partial charge in [-0.2, -0.15) is 0 Å². The third kappa shape index (κ3) is 7.12. The number of benzene rings is 1. The Hall–Kier alpha value is -0.730. The maximum atomic E-state index is 6.10. The molecule has 0 atom stereocenters.